The van der Waals surface area contributed by atoms with E-state index >= 15 is 0 Å². The molecule has 0 bridgehead atoms. The Labute approximate surface area is 87.0 Å². The summed E-state index contributed by atoms with van der Waals surface area (Å²) in [6.07, 6.45) is 0.643. The molecule has 1 aromatic carbocycles. The molecule has 2 N–H and O–H groups in total. The van der Waals surface area contributed by atoms with Crippen LogP contribution in [0.25, 0.3) is 0 Å². The molecule has 0 fully saturated rings. The molecule has 1 aromatic rings. The van der Waals surface area contributed by atoms with Crippen LogP contribution < -0.4 is 10.5 Å². The topological polar surface area (TPSA) is 35.2 Å². The van der Waals surface area contributed by atoms with Crippen LogP contribution in [0.2, 0.25) is 0 Å². The van der Waals surface area contributed by atoms with Crippen LogP contribution in [0.15, 0.2) is 12.1 Å². The summed E-state index contributed by atoms with van der Waals surface area (Å²) in [6.45, 7) is 2.36. The summed E-state index contributed by atoms with van der Waals surface area (Å²) >= 11 is 0. The lowest BCUT2D eigenvalue weighted by Crippen LogP contribution is -2.35. The number of halogens is 2. The largest absolute Gasteiger partial charge is 0.493 e. The smallest absolute Gasteiger partial charge is 0.162 e. The number of fused-ring (bicyclic) bond motifs is 1. The lowest BCUT2D eigenvalue weighted by atomic mass is 9.92. The van der Waals surface area contributed by atoms with E-state index in [0.717, 1.165) is 6.07 Å². The first kappa shape index (κ1) is 10.4. The van der Waals surface area contributed by atoms with Gasteiger partial charge in [0.1, 0.15) is 5.75 Å². The maximum atomic E-state index is 13.0. The van der Waals surface area contributed by atoms with Crippen LogP contribution in [-0.2, 0) is 6.42 Å². The van der Waals surface area contributed by atoms with E-state index in [-0.39, 0.29) is 12.0 Å². The highest BCUT2D eigenvalue weighted by Crippen LogP contribution is 2.30. The van der Waals surface area contributed by atoms with Crippen molar-refractivity contribution in [3.63, 3.8) is 0 Å². The van der Waals surface area contributed by atoms with Crippen LogP contribution in [0.5, 0.6) is 5.75 Å². The van der Waals surface area contributed by atoms with Crippen molar-refractivity contribution in [3.8, 4) is 5.75 Å². The average molecular weight is 213 g/mol. The minimum absolute atomic E-state index is 0.00809. The van der Waals surface area contributed by atoms with E-state index in [2.05, 4.69) is 0 Å². The predicted molar refractivity (Wildman–Crippen MR) is 52.7 cm³/mol. The van der Waals surface area contributed by atoms with Crippen molar-refractivity contribution in [2.24, 2.45) is 11.7 Å². The lowest BCUT2D eigenvalue weighted by Gasteiger charge is -2.27. The molecule has 2 rings (SSSR count). The highest BCUT2D eigenvalue weighted by atomic mass is 19.2. The van der Waals surface area contributed by atoms with Gasteiger partial charge in [-0.25, -0.2) is 8.78 Å². The molecule has 0 amide bonds. The molecule has 1 heterocycles. The molecule has 15 heavy (non-hydrogen) atoms. The van der Waals surface area contributed by atoms with Crippen molar-refractivity contribution in [2.75, 3.05) is 6.61 Å². The molecule has 2 nitrogen and oxygen atoms in total. The minimum atomic E-state index is -0.868. The van der Waals surface area contributed by atoms with E-state index in [9.17, 15) is 8.78 Å². The molecular formula is C11H13F2NO. The maximum absolute atomic E-state index is 13.0. The molecule has 0 spiro atoms. The number of hydrogen-bond acceptors (Lipinski definition) is 2. The second-order valence-corrected chi connectivity index (χ2v) is 4.01. The number of nitrogens with two attached hydrogens (primary N) is 1. The highest BCUT2D eigenvalue weighted by Gasteiger charge is 2.24. The van der Waals surface area contributed by atoms with Gasteiger partial charge in [0, 0.05) is 18.0 Å². The summed E-state index contributed by atoms with van der Waals surface area (Å²) in [6, 6.07) is 2.28. The number of rotatable bonds is 1. The molecule has 0 saturated heterocycles. The van der Waals surface area contributed by atoms with Crippen molar-refractivity contribution in [2.45, 2.75) is 19.4 Å². The first-order valence-electron chi connectivity index (χ1n) is 4.94. The van der Waals surface area contributed by atoms with Crippen LogP contribution in [0.4, 0.5) is 8.78 Å². The SMILES string of the molecule is C[C@@H](N)C1COc2cc(F)c(F)cc2C1. The molecule has 0 aromatic heterocycles. The number of ether oxygens (including phenoxy) is 1. The molecule has 0 radical (unpaired) electrons. The van der Waals surface area contributed by atoms with Gasteiger partial charge < -0.3 is 10.5 Å². The summed E-state index contributed by atoms with van der Waals surface area (Å²) in [5.74, 6) is -1.09. The minimum Gasteiger partial charge on any atom is -0.493 e. The van der Waals surface area contributed by atoms with Gasteiger partial charge >= 0.3 is 0 Å². The molecule has 1 aliphatic rings. The molecule has 4 heteroatoms. The van der Waals surface area contributed by atoms with Gasteiger partial charge in [-0.15, -0.1) is 0 Å². The fourth-order valence-electron chi connectivity index (χ4n) is 1.74. The first-order chi connectivity index (χ1) is 7.08. The fourth-order valence-corrected chi connectivity index (χ4v) is 1.74. The number of benzene rings is 1. The normalized spacial score (nSPS) is 21.7. The van der Waals surface area contributed by atoms with Gasteiger partial charge in [-0.3, -0.25) is 0 Å². The van der Waals surface area contributed by atoms with Gasteiger partial charge in [-0.2, -0.15) is 0 Å². The summed E-state index contributed by atoms with van der Waals surface area (Å²) in [5.41, 5.74) is 6.44. The summed E-state index contributed by atoms with van der Waals surface area (Å²) in [7, 11) is 0. The van der Waals surface area contributed by atoms with Gasteiger partial charge in [-0.1, -0.05) is 0 Å². The van der Waals surface area contributed by atoms with Crippen LogP contribution in [0, 0.1) is 17.6 Å². The van der Waals surface area contributed by atoms with Crippen molar-refractivity contribution < 1.29 is 13.5 Å². The molecule has 82 valence electrons. The Bertz CT molecular complexity index is 379. The Balaban J connectivity index is 2.30. The molecule has 0 saturated carbocycles. The second kappa shape index (κ2) is 3.77. The van der Waals surface area contributed by atoms with Gasteiger partial charge in [0.25, 0.3) is 0 Å². The van der Waals surface area contributed by atoms with Crippen LogP contribution in [-0.4, -0.2) is 12.6 Å². The first-order valence-corrected chi connectivity index (χ1v) is 4.94. The highest BCUT2D eigenvalue weighted by molar-refractivity contribution is 5.36. The monoisotopic (exact) mass is 213 g/mol. The third kappa shape index (κ3) is 1.95. The van der Waals surface area contributed by atoms with Crippen LogP contribution in [0.1, 0.15) is 12.5 Å². The van der Waals surface area contributed by atoms with Crippen molar-refractivity contribution in [3.05, 3.63) is 29.3 Å². The van der Waals surface area contributed by atoms with Crippen molar-refractivity contribution in [1.82, 2.24) is 0 Å². The van der Waals surface area contributed by atoms with E-state index < -0.39 is 11.6 Å². The van der Waals surface area contributed by atoms with E-state index in [1.165, 1.54) is 6.07 Å². The molecule has 1 unspecified atom stereocenters. The zero-order chi connectivity index (χ0) is 11.0. The Morgan fingerprint density at radius 2 is 2.07 bits per heavy atom. The lowest BCUT2D eigenvalue weighted by molar-refractivity contribution is 0.202. The van der Waals surface area contributed by atoms with E-state index in [1.807, 2.05) is 6.92 Å². The quantitative estimate of drug-likeness (QED) is 0.772. The number of hydrogen-bond donors (Lipinski definition) is 1. The zero-order valence-electron chi connectivity index (χ0n) is 8.47. The van der Waals surface area contributed by atoms with Crippen LogP contribution >= 0.6 is 0 Å². The molecule has 1 aliphatic heterocycles. The van der Waals surface area contributed by atoms with E-state index in [1.54, 1.807) is 0 Å². The standard InChI is InChI=1S/C11H13F2NO/c1-6(14)8-2-7-3-9(12)10(13)4-11(7)15-5-8/h3-4,6,8H,2,5,14H2,1H3/t6-,8?/m1/s1. The van der Waals surface area contributed by atoms with Crippen molar-refractivity contribution in [1.29, 1.82) is 0 Å². The van der Waals surface area contributed by atoms with Crippen LogP contribution in [0.3, 0.4) is 0 Å². The predicted octanol–water partition coefficient (Wildman–Crippen LogP) is 1.86. The van der Waals surface area contributed by atoms with Gasteiger partial charge in [0.05, 0.1) is 6.61 Å². The Kier molecular flexibility index (Phi) is 2.61. The second-order valence-electron chi connectivity index (χ2n) is 4.01. The van der Waals surface area contributed by atoms with Gasteiger partial charge in [0.2, 0.25) is 0 Å². The maximum Gasteiger partial charge on any atom is 0.162 e. The molecular weight excluding hydrogens is 200 g/mol. The Morgan fingerprint density at radius 3 is 2.73 bits per heavy atom. The third-order valence-electron chi connectivity index (χ3n) is 2.78. The Hall–Kier alpha value is -1.16. The summed E-state index contributed by atoms with van der Waals surface area (Å²) in [4.78, 5) is 0. The summed E-state index contributed by atoms with van der Waals surface area (Å²) in [5, 5.41) is 0. The average Bonchev–Trinajstić information content (AvgIpc) is 2.19. The van der Waals surface area contributed by atoms with Gasteiger partial charge in [0.15, 0.2) is 11.6 Å². The molecule has 2 atom stereocenters. The zero-order valence-corrected chi connectivity index (χ0v) is 8.47. The summed E-state index contributed by atoms with van der Waals surface area (Å²) < 4.78 is 31.2. The Morgan fingerprint density at radius 1 is 1.40 bits per heavy atom. The fraction of sp³-hybridized carbons (Fsp3) is 0.455. The van der Waals surface area contributed by atoms with E-state index in [0.29, 0.717) is 24.3 Å². The van der Waals surface area contributed by atoms with Crippen molar-refractivity contribution >= 4 is 0 Å². The van der Waals surface area contributed by atoms with Gasteiger partial charge in [-0.05, 0) is 25.0 Å². The van der Waals surface area contributed by atoms with E-state index in [4.69, 9.17) is 10.5 Å². The molecule has 0 aliphatic carbocycles. The third-order valence-corrected chi connectivity index (χ3v) is 2.78.